The van der Waals surface area contributed by atoms with Crippen molar-refractivity contribution in [3.63, 3.8) is 0 Å². The van der Waals surface area contributed by atoms with E-state index < -0.39 is 18.8 Å². The Morgan fingerprint density at radius 3 is 2.71 bits per heavy atom. The summed E-state index contributed by atoms with van der Waals surface area (Å²) in [5.41, 5.74) is 0.479. The van der Waals surface area contributed by atoms with Gasteiger partial charge in [-0.05, 0) is 23.8 Å². The van der Waals surface area contributed by atoms with Crippen molar-refractivity contribution in [3.05, 3.63) is 34.6 Å². The minimum Gasteiger partial charge on any atom is -0.307 e. The van der Waals surface area contributed by atoms with E-state index in [1.54, 1.807) is 0 Å². The molecular formula is C9H9ClF3N. The lowest BCUT2D eigenvalue weighted by Crippen LogP contribution is -2.20. The van der Waals surface area contributed by atoms with E-state index in [1.165, 1.54) is 18.2 Å². The predicted octanol–water partition coefficient (Wildman–Crippen LogP) is 2.83. The summed E-state index contributed by atoms with van der Waals surface area (Å²) in [4.78, 5) is 0. The number of halogens is 4. The molecule has 0 radical (unpaired) electrons. The number of benzene rings is 1. The van der Waals surface area contributed by atoms with Gasteiger partial charge in [0.15, 0.2) is 0 Å². The Hall–Kier alpha value is -0.740. The predicted molar refractivity (Wildman–Crippen MR) is 49.1 cm³/mol. The van der Waals surface area contributed by atoms with E-state index >= 15 is 0 Å². The number of hydrogen-bond acceptors (Lipinski definition) is 1. The molecule has 1 aromatic rings. The molecule has 0 aliphatic carbocycles. The quantitative estimate of drug-likeness (QED) is 0.828. The molecule has 0 aliphatic rings. The summed E-state index contributed by atoms with van der Waals surface area (Å²) in [5.74, 6) is -0.428. The molecule has 0 heterocycles. The summed E-state index contributed by atoms with van der Waals surface area (Å²) in [6.45, 7) is -0.284. The van der Waals surface area contributed by atoms with Crippen LogP contribution in [0.4, 0.5) is 13.2 Å². The van der Waals surface area contributed by atoms with Crippen molar-refractivity contribution in [2.75, 3.05) is 6.54 Å². The molecule has 0 fully saturated rings. The van der Waals surface area contributed by atoms with E-state index in [4.69, 9.17) is 11.6 Å². The van der Waals surface area contributed by atoms with Crippen molar-refractivity contribution in [1.82, 2.24) is 5.32 Å². The molecule has 0 aliphatic heterocycles. The van der Waals surface area contributed by atoms with Gasteiger partial charge in [0.1, 0.15) is 5.82 Å². The molecule has 5 heteroatoms. The fourth-order valence-corrected chi connectivity index (χ4v) is 1.18. The second-order valence-corrected chi connectivity index (χ2v) is 3.16. The standard InChI is InChI=1S/C9H9ClF3N/c10-8-2-1-7(11)3-6(8)4-14-5-9(12)13/h1-3,9,14H,4-5H2. The van der Waals surface area contributed by atoms with Crippen LogP contribution < -0.4 is 5.32 Å². The van der Waals surface area contributed by atoms with Crippen LogP contribution in [0.2, 0.25) is 5.02 Å². The third-order valence-corrected chi connectivity index (χ3v) is 1.99. The zero-order chi connectivity index (χ0) is 10.6. The minimum atomic E-state index is -2.41. The van der Waals surface area contributed by atoms with Gasteiger partial charge in [-0.3, -0.25) is 0 Å². The maximum absolute atomic E-state index is 12.7. The Morgan fingerprint density at radius 2 is 2.07 bits per heavy atom. The fraction of sp³-hybridized carbons (Fsp3) is 0.333. The SMILES string of the molecule is Fc1ccc(Cl)c(CNCC(F)F)c1. The van der Waals surface area contributed by atoms with Gasteiger partial charge in [0.2, 0.25) is 0 Å². The Morgan fingerprint density at radius 1 is 1.36 bits per heavy atom. The summed E-state index contributed by atoms with van der Waals surface area (Å²) in [6.07, 6.45) is -2.41. The van der Waals surface area contributed by atoms with E-state index in [1.807, 2.05) is 0 Å². The fourth-order valence-electron chi connectivity index (χ4n) is 0.995. The normalized spacial score (nSPS) is 10.9. The average molecular weight is 224 g/mol. The van der Waals surface area contributed by atoms with E-state index in [0.717, 1.165) is 0 Å². The molecular weight excluding hydrogens is 215 g/mol. The molecule has 0 saturated heterocycles. The van der Waals surface area contributed by atoms with Crippen molar-refractivity contribution in [3.8, 4) is 0 Å². The third kappa shape index (κ3) is 3.55. The highest BCUT2D eigenvalue weighted by molar-refractivity contribution is 6.31. The van der Waals surface area contributed by atoms with Crippen LogP contribution in [0.5, 0.6) is 0 Å². The van der Waals surface area contributed by atoms with Gasteiger partial charge in [0, 0.05) is 11.6 Å². The highest BCUT2D eigenvalue weighted by atomic mass is 35.5. The third-order valence-electron chi connectivity index (χ3n) is 1.62. The van der Waals surface area contributed by atoms with E-state index in [0.29, 0.717) is 10.6 Å². The first kappa shape index (κ1) is 11.3. The number of alkyl halides is 2. The topological polar surface area (TPSA) is 12.0 Å². The first-order valence-corrected chi connectivity index (χ1v) is 4.40. The lowest BCUT2D eigenvalue weighted by molar-refractivity contribution is 0.145. The highest BCUT2D eigenvalue weighted by Crippen LogP contribution is 2.16. The molecule has 1 N–H and O–H groups in total. The largest absolute Gasteiger partial charge is 0.307 e. The van der Waals surface area contributed by atoms with Gasteiger partial charge >= 0.3 is 0 Å². The Balaban J connectivity index is 2.53. The van der Waals surface area contributed by atoms with Gasteiger partial charge in [-0.1, -0.05) is 11.6 Å². The monoisotopic (exact) mass is 223 g/mol. The van der Waals surface area contributed by atoms with Crippen molar-refractivity contribution in [2.45, 2.75) is 13.0 Å². The van der Waals surface area contributed by atoms with Crippen LogP contribution >= 0.6 is 11.6 Å². The summed E-state index contributed by atoms with van der Waals surface area (Å²) >= 11 is 5.72. The molecule has 78 valence electrons. The van der Waals surface area contributed by atoms with Gasteiger partial charge in [-0.25, -0.2) is 13.2 Å². The molecule has 0 atom stereocenters. The lowest BCUT2D eigenvalue weighted by Gasteiger charge is -2.05. The molecule has 14 heavy (non-hydrogen) atoms. The number of rotatable bonds is 4. The molecule has 0 saturated carbocycles. The average Bonchev–Trinajstić information content (AvgIpc) is 2.10. The molecule has 0 amide bonds. The van der Waals surface area contributed by atoms with Crippen molar-refractivity contribution >= 4 is 11.6 Å². The van der Waals surface area contributed by atoms with Crippen LogP contribution in [0, 0.1) is 5.82 Å². The first-order valence-electron chi connectivity index (χ1n) is 4.02. The lowest BCUT2D eigenvalue weighted by atomic mass is 10.2. The van der Waals surface area contributed by atoms with Gasteiger partial charge < -0.3 is 5.32 Å². The summed E-state index contributed by atoms with van der Waals surface area (Å²) in [6, 6.07) is 3.84. The van der Waals surface area contributed by atoms with E-state index in [9.17, 15) is 13.2 Å². The molecule has 1 rings (SSSR count). The van der Waals surface area contributed by atoms with Gasteiger partial charge in [0.05, 0.1) is 6.54 Å². The summed E-state index contributed by atoms with van der Waals surface area (Å²) in [5, 5.41) is 2.84. The first-order chi connectivity index (χ1) is 6.59. The Labute approximate surface area is 84.9 Å². The minimum absolute atomic E-state index is 0.140. The Bertz CT molecular complexity index is 304. The van der Waals surface area contributed by atoms with Crippen molar-refractivity contribution < 1.29 is 13.2 Å². The number of hydrogen-bond donors (Lipinski definition) is 1. The summed E-state index contributed by atoms with van der Waals surface area (Å²) in [7, 11) is 0. The van der Waals surface area contributed by atoms with Crippen LogP contribution in [0.1, 0.15) is 5.56 Å². The molecule has 0 bridgehead atoms. The highest BCUT2D eigenvalue weighted by Gasteiger charge is 2.04. The van der Waals surface area contributed by atoms with Crippen LogP contribution in [0.15, 0.2) is 18.2 Å². The van der Waals surface area contributed by atoms with Gasteiger partial charge in [-0.2, -0.15) is 0 Å². The molecule has 0 spiro atoms. The maximum Gasteiger partial charge on any atom is 0.250 e. The Kier molecular flexibility index (Phi) is 4.22. The zero-order valence-corrected chi connectivity index (χ0v) is 7.99. The van der Waals surface area contributed by atoms with E-state index in [-0.39, 0.29) is 6.54 Å². The molecule has 0 unspecified atom stereocenters. The second kappa shape index (κ2) is 5.22. The van der Waals surface area contributed by atoms with Gasteiger partial charge in [0.25, 0.3) is 6.43 Å². The smallest absolute Gasteiger partial charge is 0.250 e. The molecule has 1 aromatic carbocycles. The van der Waals surface area contributed by atoms with Crippen LogP contribution in [0.25, 0.3) is 0 Å². The second-order valence-electron chi connectivity index (χ2n) is 2.76. The number of nitrogens with one attached hydrogen (secondary N) is 1. The maximum atomic E-state index is 12.7. The van der Waals surface area contributed by atoms with Crippen LogP contribution in [-0.2, 0) is 6.54 Å². The van der Waals surface area contributed by atoms with E-state index in [2.05, 4.69) is 5.32 Å². The van der Waals surface area contributed by atoms with Crippen molar-refractivity contribution in [1.29, 1.82) is 0 Å². The summed E-state index contributed by atoms with van der Waals surface area (Å²) < 4.78 is 36.2. The van der Waals surface area contributed by atoms with Gasteiger partial charge in [-0.15, -0.1) is 0 Å². The molecule has 0 aromatic heterocycles. The van der Waals surface area contributed by atoms with Crippen LogP contribution in [0.3, 0.4) is 0 Å². The molecule has 1 nitrogen and oxygen atoms in total. The van der Waals surface area contributed by atoms with Crippen LogP contribution in [-0.4, -0.2) is 13.0 Å². The van der Waals surface area contributed by atoms with Crippen molar-refractivity contribution in [2.24, 2.45) is 0 Å². The zero-order valence-electron chi connectivity index (χ0n) is 7.24.